The van der Waals surface area contributed by atoms with Crippen LogP contribution in [0.15, 0.2) is 36.5 Å². The number of nitrogens with zero attached hydrogens (tertiary/aromatic N) is 4. The van der Waals surface area contributed by atoms with E-state index in [0.29, 0.717) is 31.2 Å². The zero-order chi connectivity index (χ0) is 21.1. The van der Waals surface area contributed by atoms with Crippen LogP contribution in [0.5, 0.6) is 5.75 Å². The van der Waals surface area contributed by atoms with Crippen molar-refractivity contribution in [1.82, 2.24) is 19.4 Å². The van der Waals surface area contributed by atoms with E-state index in [4.69, 9.17) is 9.72 Å². The average molecular weight is 407 g/mol. The highest BCUT2D eigenvalue weighted by Crippen LogP contribution is 2.32. The molecular formula is C24H30N4O2. The monoisotopic (exact) mass is 406 g/mol. The Labute approximate surface area is 177 Å². The van der Waals surface area contributed by atoms with Gasteiger partial charge in [0.25, 0.3) is 5.91 Å². The molecule has 1 saturated carbocycles. The van der Waals surface area contributed by atoms with Gasteiger partial charge in [-0.25, -0.2) is 9.97 Å². The fourth-order valence-corrected chi connectivity index (χ4v) is 3.81. The van der Waals surface area contributed by atoms with Crippen molar-refractivity contribution in [3.05, 3.63) is 53.5 Å². The van der Waals surface area contributed by atoms with E-state index < -0.39 is 0 Å². The summed E-state index contributed by atoms with van der Waals surface area (Å²) in [5.74, 6) is 2.61. The Morgan fingerprint density at radius 2 is 1.90 bits per heavy atom. The molecule has 0 saturated heterocycles. The number of hydrogen-bond acceptors (Lipinski definition) is 4. The third-order valence-corrected chi connectivity index (χ3v) is 5.70. The van der Waals surface area contributed by atoms with Gasteiger partial charge in [-0.3, -0.25) is 4.79 Å². The van der Waals surface area contributed by atoms with Gasteiger partial charge in [0.1, 0.15) is 17.1 Å². The summed E-state index contributed by atoms with van der Waals surface area (Å²) >= 11 is 0. The maximum atomic E-state index is 12.7. The number of imidazole rings is 1. The molecule has 0 spiro atoms. The second-order valence-electron chi connectivity index (χ2n) is 7.88. The number of ether oxygens (including phenoxy) is 1. The van der Waals surface area contributed by atoms with E-state index in [-0.39, 0.29) is 5.91 Å². The van der Waals surface area contributed by atoms with Crippen LogP contribution in [-0.4, -0.2) is 45.0 Å². The molecule has 158 valence electrons. The first kappa shape index (κ1) is 20.4. The summed E-state index contributed by atoms with van der Waals surface area (Å²) in [6, 6.07) is 10.1. The lowest BCUT2D eigenvalue weighted by Crippen LogP contribution is -2.30. The van der Waals surface area contributed by atoms with Crippen LogP contribution in [0.25, 0.3) is 11.2 Å². The molecule has 1 aromatic carbocycles. The van der Waals surface area contributed by atoms with Crippen LogP contribution >= 0.6 is 0 Å². The molecule has 2 aromatic heterocycles. The molecule has 0 unspecified atom stereocenters. The second kappa shape index (κ2) is 8.86. The second-order valence-corrected chi connectivity index (χ2v) is 7.88. The van der Waals surface area contributed by atoms with Gasteiger partial charge < -0.3 is 14.2 Å². The van der Waals surface area contributed by atoms with Gasteiger partial charge in [-0.2, -0.15) is 0 Å². The minimum absolute atomic E-state index is 0.0132. The van der Waals surface area contributed by atoms with Gasteiger partial charge in [-0.15, -0.1) is 0 Å². The fourth-order valence-electron chi connectivity index (χ4n) is 3.81. The molecule has 3 aromatic rings. The van der Waals surface area contributed by atoms with Crippen molar-refractivity contribution in [2.24, 2.45) is 5.92 Å². The average Bonchev–Trinajstić information content (AvgIpc) is 3.52. The molecular weight excluding hydrogens is 376 g/mol. The predicted molar refractivity (Wildman–Crippen MR) is 118 cm³/mol. The molecule has 1 aliphatic rings. The molecule has 1 aliphatic carbocycles. The van der Waals surface area contributed by atoms with Crippen molar-refractivity contribution in [2.45, 2.75) is 46.6 Å². The molecule has 30 heavy (non-hydrogen) atoms. The van der Waals surface area contributed by atoms with Crippen molar-refractivity contribution in [3.8, 4) is 5.75 Å². The number of carbonyl (C=O) groups excluding carboxylic acids is 1. The fraction of sp³-hybridized carbons (Fsp3) is 0.458. The summed E-state index contributed by atoms with van der Waals surface area (Å²) in [6.07, 6.45) is 4.96. The lowest BCUT2D eigenvalue weighted by Gasteiger charge is -2.18. The first-order chi connectivity index (χ1) is 14.6. The molecule has 6 nitrogen and oxygen atoms in total. The van der Waals surface area contributed by atoms with Crippen LogP contribution in [0.4, 0.5) is 0 Å². The first-order valence-electron chi connectivity index (χ1n) is 11.0. The lowest BCUT2D eigenvalue weighted by atomic mass is 10.1. The van der Waals surface area contributed by atoms with Crippen molar-refractivity contribution in [2.75, 3.05) is 19.7 Å². The van der Waals surface area contributed by atoms with Crippen LogP contribution in [0.2, 0.25) is 0 Å². The first-order valence-corrected chi connectivity index (χ1v) is 11.0. The molecule has 6 heteroatoms. The zero-order valence-electron chi connectivity index (χ0n) is 18.1. The standard InChI is InChI=1S/C24H30N4O2/c1-4-27(5-2)24(29)19-14-21-23(25-15-19)28(16-18-7-8-18)22(26-21)13-17-9-11-20(12-10-17)30-6-3/h9-12,14-15,18H,4-8,13,16H2,1-3H3. The third-order valence-electron chi connectivity index (χ3n) is 5.70. The lowest BCUT2D eigenvalue weighted by molar-refractivity contribution is 0.0772. The Hall–Kier alpha value is -2.89. The molecule has 1 amide bonds. The van der Waals surface area contributed by atoms with Crippen LogP contribution in [-0.2, 0) is 13.0 Å². The minimum Gasteiger partial charge on any atom is -0.494 e. The Kier molecular flexibility index (Phi) is 6.02. The van der Waals surface area contributed by atoms with E-state index in [1.165, 1.54) is 18.4 Å². The highest BCUT2D eigenvalue weighted by molar-refractivity contribution is 5.96. The Bertz CT molecular complexity index is 1020. The number of fused-ring (bicyclic) bond motifs is 1. The van der Waals surface area contributed by atoms with E-state index in [9.17, 15) is 4.79 Å². The highest BCUT2D eigenvalue weighted by Gasteiger charge is 2.25. The molecule has 4 rings (SSSR count). The molecule has 1 fully saturated rings. The summed E-state index contributed by atoms with van der Waals surface area (Å²) in [6.45, 7) is 8.95. The highest BCUT2D eigenvalue weighted by atomic mass is 16.5. The summed E-state index contributed by atoms with van der Waals surface area (Å²) in [7, 11) is 0. The quantitative estimate of drug-likeness (QED) is 0.531. The van der Waals surface area contributed by atoms with Crippen LogP contribution in [0.3, 0.4) is 0 Å². The molecule has 2 heterocycles. The number of aromatic nitrogens is 3. The van der Waals surface area contributed by atoms with Gasteiger partial charge in [0.05, 0.1) is 12.2 Å². The van der Waals surface area contributed by atoms with Crippen molar-refractivity contribution >= 4 is 17.1 Å². The SMILES string of the molecule is CCOc1ccc(Cc2nc3cc(C(=O)N(CC)CC)cnc3n2CC2CC2)cc1. The normalized spacial score (nSPS) is 13.6. The number of pyridine rings is 1. The van der Waals surface area contributed by atoms with Gasteiger partial charge >= 0.3 is 0 Å². The Morgan fingerprint density at radius 3 is 2.53 bits per heavy atom. The largest absolute Gasteiger partial charge is 0.494 e. The Morgan fingerprint density at radius 1 is 1.17 bits per heavy atom. The summed E-state index contributed by atoms with van der Waals surface area (Å²) < 4.78 is 7.80. The maximum absolute atomic E-state index is 12.7. The molecule has 0 aliphatic heterocycles. The van der Waals surface area contributed by atoms with Gasteiger partial charge in [0.2, 0.25) is 0 Å². The molecule has 0 radical (unpaired) electrons. The minimum atomic E-state index is 0.0132. The summed E-state index contributed by atoms with van der Waals surface area (Å²) in [5, 5.41) is 0. The Balaban J connectivity index is 1.66. The number of amides is 1. The maximum Gasteiger partial charge on any atom is 0.255 e. The number of hydrogen-bond donors (Lipinski definition) is 0. The molecule has 0 N–H and O–H groups in total. The van der Waals surface area contributed by atoms with E-state index in [0.717, 1.165) is 35.7 Å². The van der Waals surface area contributed by atoms with Gasteiger partial charge in [-0.1, -0.05) is 12.1 Å². The van der Waals surface area contributed by atoms with Crippen molar-refractivity contribution in [3.63, 3.8) is 0 Å². The van der Waals surface area contributed by atoms with Crippen molar-refractivity contribution < 1.29 is 9.53 Å². The van der Waals surface area contributed by atoms with E-state index in [2.05, 4.69) is 21.7 Å². The van der Waals surface area contributed by atoms with E-state index in [1.807, 2.05) is 43.9 Å². The van der Waals surface area contributed by atoms with Crippen molar-refractivity contribution in [1.29, 1.82) is 0 Å². The number of carbonyl (C=O) groups is 1. The smallest absolute Gasteiger partial charge is 0.255 e. The van der Waals surface area contributed by atoms with E-state index >= 15 is 0 Å². The summed E-state index contributed by atoms with van der Waals surface area (Å²) in [5.41, 5.74) is 3.47. The predicted octanol–water partition coefficient (Wildman–Crippen LogP) is 4.31. The number of benzene rings is 1. The van der Waals surface area contributed by atoms with Crippen LogP contribution in [0, 0.1) is 5.92 Å². The van der Waals surface area contributed by atoms with E-state index in [1.54, 1.807) is 6.20 Å². The molecule has 0 atom stereocenters. The van der Waals surface area contributed by atoms with Gasteiger partial charge in [-0.05, 0) is 63.3 Å². The van der Waals surface area contributed by atoms with Gasteiger partial charge in [0, 0.05) is 32.3 Å². The zero-order valence-corrected chi connectivity index (χ0v) is 18.1. The van der Waals surface area contributed by atoms with Crippen LogP contribution in [0.1, 0.15) is 55.4 Å². The topological polar surface area (TPSA) is 60.2 Å². The molecule has 0 bridgehead atoms. The third kappa shape index (κ3) is 4.32. The van der Waals surface area contributed by atoms with Crippen LogP contribution < -0.4 is 4.74 Å². The summed E-state index contributed by atoms with van der Waals surface area (Å²) in [4.78, 5) is 24.1. The number of rotatable bonds is 9. The van der Waals surface area contributed by atoms with Gasteiger partial charge in [0.15, 0.2) is 5.65 Å².